The molecule has 1 aliphatic carbocycles. The normalized spacial score (nSPS) is 15.1. The van der Waals surface area contributed by atoms with Crippen molar-refractivity contribution in [2.24, 2.45) is 11.5 Å². The van der Waals surface area contributed by atoms with Crippen LogP contribution in [0.3, 0.4) is 0 Å². The van der Waals surface area contributed by atoms with Gasteiger partial charge >= 0.3 is 5.97 Å². The highest BCUT2D eigenvalue weighted by Crippen LogP contribution is 2.44. The van der Waals surface area contributed by atoms with Crippen LogP contribution in [0.5, 0.6) is 5.75 Å². The van der Waals surface area contributed by atoms with E-state index >= 15 is 0 Å². The Balaban J connectivity index is 1.84. The standard InChI is InChI=1S/C22H21N3O5/c23-21(28)13-6-4-12(5-7-13)10-25-15-2-1-3-17(30-11-18(26)27)20(15)19-14(22(24)29)8-9-16(19)25/h1-7,14H,8-11H2,(H2,23,28)(H2,24,29)(H,26,27). The van der Waals surface area contributed by atoms with Gasteiger partial charge in [-0.25, -0.2) is 4.79 Å². The first-order chi connectivity index (χ1) is 14.4. The van der Waals surface area contributed by atoms with E-state index in [1.54, 1.807) is 24.3 Å². The van der Waals surface area contributed by atoms with Gasteiger partial charge in [0.2, 0.25) is 11.8 Å². The van der Waals surface area contributed by atoms with Gasteiger partial charge in [0.1, 0.15) is 5.75 Å². The minimum Gasteiger partial charge on any atom is -0.481 e. The van der Waals surface area contributed by atoms with Gasteiger partial charge in [-0.3, -0.25) is 9.59 Å². The maximum absolute atomic E-state index is 12.1. The van der Waals surface area contributed by atoms with E-state index in [1.807, 2.05) is 18.2 Å². The average molecular weight is 407 g/mol. The van der Waals surface area contributed by atoms with Gasteiger partial charge in [0.05, 0.1) is 11.4 Å². The van der Waals surface area contributed by atoms with Gasteiger partial charge in [0.25, 0.3) is 0 Å². The summed E-state index contributed by atoms with van der Waals surface area (Å²) in [4.78, 5) is 34.4. The third-order valence-corrected chi connectivity index (χ3v) is 5.49. The Kier molecular flexibility index (Phi) is 4.91. The summed E-state index contributed by atoms with van der Waals surface area (Å²) in [5, 5.41) is 9.73. The Morgan fingerprint density at radius 1 is 1.10 bits per heavy atom. The molecule has 30 heavy (non-hydrogen) atoms. The molecule has 1 atom stereocenters. The third kappa shape index (κ3) is 3.36. The number of aliphatic carboxylic acids is 1. The highest BCUT2D eigenvalue weighted by molar-refractivity contribution is 5.98. The van der Waals surface area contributed by atoms with Crippen LogP contribution in [0, 0.1) is 0 Å². The second kappa shape index (κ2) is 7.55. The number of hydrogen-bond acceptors (Lipinski definition) is 4. The number of nitrogens with zero attached hydrogens (tertiary/aromatic N) is 1. The fourth-order valence-corrected chi connectivity index (χ4v) is 4.20. The van der Waals surface area contributed by atoms with E-state index in [2.05, 4.69) is 4.57 Å². The number of fused-ring (bicyclic) bond motifs is 3. The Bertz CT molecular complexity index is 1160. The lowest BCUT2D eigenvalue weighted by Crippen LogP contribution is -2.19. The zero-order chi connectivity index (χ0) is 21.4. The average Bonchev–Trinajstić information content (AvgIpc) is 3.26. The molecular weight excluding hydrogens is 386 g/mol. The molecular formula is C22H21N3O5. The Hall–Kier alpha value is -3.81. The lowest BCUT2D eigenvalue weighted by molar-refractivity contribution is -0.139. The summed E-state index contributed by atoms with van der Waals surface area (Å²) in [6.45, 7) is 0.0353. The van der Waals surface area contributed by atoms with Gasteiger partial charge in [-0.1, -0.05) is 18.2 Å². The van der Waals surface area contributed by atoms with Crippen LogP contribution in [-0.4, -0.2) is 34.1 Å². The topological polar surface area (TPSA) is 138 Å². The largest absolute Gasteiger partial charge is 0.481 e. The molecule has 8 nitrogen and oxygen atoms in total. The fourth-order valence-electron chi connectivity index (χ4n) is 4.20. The summed E-state index contributed by atoms with van der Waals surface area (Å²) in [5.74, 6) is -2.01. The number of carboxylic acids is 1. The Morgan fingerprint density at radius 3 is 2.47 bits per heavy atom. The van der Waals surface area contributed by atoms with Crippen LogP contribution in [0.1, 0.15) is 39.5 Å². The molecule has 154 valence electrons. The number of amides is 2. The van der Waals surface area contributed by atoms with Gasteiger partial charge in [-0.05, 0) is 48.2 Å². The second-order valence-electron chi connectivity index (χ2n) is 7.33. The molecule has 3 aromatic rings. The number of carbonyl (C=O) groups excluding carboxylic acids is 2. The molecule has 0 aliphatic heterocycles. The number of carboxylic acid groups (broad SMARTS) is 1. The Labute approximate surface area is 172 Å². The molecule has 0 fully saturated rings. The van der Waals surface area contributed by atoms with E-state index in [0.29, 0.717) is 30.7 Å². The molecule has 4 rings (SSSR count). The second-order valence-corrected chi connectivity index (χ2v) is 7.33. The smallest absolute Gasteiger partial charge is 0.341 e. The van der Waals surface area contributed by atoms with Crippen LogP contribution in [0.4, 0.5) is 0 Å². The van der Waals surface area contributed by atoms with E-state index in [9.17, 15) is 14.4 Å². The van der Waals surface area contributed by atoms with Crippen molar-refractivity contribution in [3.8, 4) is 5.75 Å². The van der Waals surface area contributed by atoms with Crippen molar-refractivity contribution in [3.05, 3.63) is 64.8 Å². The Morgan fingerprint density at radius 2 is 1.83 bits per heavy atom. The van der Waals surface area contributed by atoms with Gasteiger partial charge in [0.15, 0.2) is 6.61 Å². The molecule has 8 heteroatoms. The van der Waals surface area contributed by atoms with E-state index in [0.717, 1.165) is 27.7 Å². The number of benzene rings is 2. The summed E-state index contributed by atoms with van der Waals surface area (Å²) < 4.78 is 7.62. The highest BCUT2D eigenvalue weighted by Gasteiger charge is 2.34. The molecule has 1 unspecified atom stereocenters. The van der Waals surface area contributed by atoms with E-state index < -0.39 is 30.3 Å². The van der Waals surface area contributed by atoms with Crippen molar-refractivity contribution in [2.45, 2.75) is 25.3 Å². The SMILES string of the molecule is NC(=O)c1ccc(Cn2c3c(c4c(OCC(=O)O)cccc42)C(C(N)=O)CC3)cc1. The minimum atomic E-state index is -1.08. The maximum atomic E-state index is 12.1. The summed E-state index contributed by atoms with van der Waals surface area (Å²) >= 11 is 0. The molecule has 0 spiro atoms. The number of aromatic nitrogens is 1. The third-order valence-electron chi connectivity index (χ3n) is 5.49. The molecule has 5 N–H and O–H groups in total. The lowest BCUT2D eigenvalue weighted by atomic mass is 9.99. The van der Waals surface area contributed by atoms with E-state index in [1.165, 1.54) is 0 Å². The summed E-state index contributed by atoms with van der Waals surface area (Å²) in [5.41, 5.74) is 15.0. The van der Waals surface area contributed by atoms with Gasteiger partial charge in [-0.15, -0.1) is 0 Å². The van der Waals surface area contributed by atoms with Crippen molar-refractivity contribution < 1.29 is 24.2 Å². The zero-order valence-corrected chi connectivity index (χ0v) is 16.1. The number of rotatable bonds is 7. The number of hydrogen-bond donors (Lipinski definition) is 3. The molecule has 2 aromatic carbocycles. The number of primary amides is 2. The minimum absolute atomic E-state index is 0.411. The monoisotopic (exact) mass is 407 g/mol. The zero-order valence-electron chi connectivity index (χ0n) is 16.1. The molecule has 0 radical (unpaired) electrons. The van der Waals surface area contributed by atoms with Crippen LogP contribution in [0.25, 0.3) is 10.9 Å². The molecule has 2 amide bonds. The van der Waals surface area contributed by atoms with Crippen LogP contribution in [-0.2, 0) is 22.6 Å². The first kappa shape index (κ1) is 19.5. The van der Waals surface area contributed by atoms with Gasteiger partial charge in [-0.2, -0.15) is 0 Å². The van der Waals surface area contributed by atoms with Crippen molar-refractivity contribution in [1.82, 2.24) is 4.57 Å². The number of carbonyl (C=O) groups is 3. The lowest BCUT2D eigenvalue weighted by Gasteiger charge is -2.12. The van der Waals surface area contributed by atoms with Crippen molar-refractivity contribution in [2.75, 3.05) is 6.61 Å². The molecule has 1 aromatic heterocycles. The van der Waals surface area contributed by atoms with Crippen molar-refractivity contribution >= 4 is 28.7 Å². The van der Waals surface area contributed by atoms with Crippen LogP contribution in [0.2, 0.25) is 0 Å². The maximum Gasteiger partial charge on any atom is 0.341 e. The number of nitrogens with two attached hydrogens (primary N) is 2. The van der Waals surface area contributed by atoms with E-state index in [4.69, 9.17) is 21.3 Å². The van der Waals surface area contributed by atoms with Gasteiger partial charge < -0.3 is 25.9 Å². The fraction of sp³-hybridized carbons (Fsp3) is 0.227. The van der Waals surface area contributed by atoms with E-state index in [-0.39, 0.29) is 0 Å². The highest BCUT2D eigenvalue weighted by atomic mass is 16.5. The quantitative estimate of drug-likeness (QED) is 0.548. The van der Waals surface area contributed by atoms with Crippen LogP contribution >= 0.6 is 0 Å². The molecule has 0 saturated heterocycles. The molecule has 1 heterocycles. The van der Waals surface area contributed by atoms with Crippen molar-refractivity contribution in [3.63, 3.8) is 0 Å². The predicted molar refractivity (Wildman–Crippen MR) is 109 cm³/mol. The molecule has 1 aliphatic rings. The van der Waals surface area contributed by atoms with Gasteiger partial charge in [0, 0.05) is 23.2 Å². The summed E-state index contributed by atoms with van der Waals surface area (Å²) in [6, 6.07) is 12.4. The van der Waals surface area contributed by atoms with Crippen LogP contribution in [0.15, 0.2) is 42.5 Å². The van der Waals surface area contributed by atoms with Crippen molar-refractivity contribution in [1.29, 1.82) is 0 Å². The molecule has 0 saturated carbocycles. The summed E-state index contributed by atoms with van der Waals surface area (Å²) in [7, 11) is 0. The first-order valence-electron chi connectivity index (χ1n) is 9.53. The number of ether oxygens (including phenoxy) is 1. The summed E-state index contributed by atoms with van der Waals surface area (Å²) in [6.07, 6.45) is 1.28. The first-order valence-corrected chi connectivity index (χ1v) is 9.53. The predicted octanol–water partition coefficient (Wildman–Crippen LogP) is 1.77. The molecule has 0 bridgehead atoms. The van der Waals surface area contributed by atoms with Crippen LogP contribution < -0.4 is 16.2 Å².